The summed E-state index contributed by atoms with van der Waals surface area (Å²) in [5.74, 6) is 0. The lowest BCUT2D eigenvalue weighted by Gasteiger charge is -2.01. The fourth-order valence-electron chi connectivity index (χ4n) is 2.62. The second-order valence-corrected chi connectivity index (χ2v) is 6.08. The highest BCUT2D eigenvalue weighted by Gasteiger charge is 1.92. The highest BCUT2D eigenvalue weighted by atomic mass is 14.8. The molecule has 3 aromatic carbocycles. The van der Waals surface area contributed by atoms with E-state index in [1.54, 1.807) is 0 Å². The van der Waals surface area contributed by atoms with Crippen molar-refractivity contribution in [3.63, 3.8) is 0 Å². The maximum Gasteiger partial charge on any atom is 0.0337 e. The van der Waals surface area contributed by atoms with E-state index in [2.05, 4.69) is 108 Å². The minimum Gasteiger partial charge on any atom is -0.388 e. The molecule has 26 heavy (non-hydrogen) atoms. The number of anilines is 2. The van der Waals surface area contributed by atoms with Gasteiger partial charge in [0, 0.05) is 25.5 Å². The first-order valence-electron chi connectivity index (χ1n) is 8.79. The number of benzene rings is 3. The van der Waals surface area contributed by atoms with Crippen LogP contribution >= 0.6 is 0 Å². The quantitative estimate of drug-likeness (QED) is 0.529. The van der Waals surface area contributed by atoms with Gasteiger partial charge in [-0.05, 0) is 46.5 Å². The molecule has 2 nitrogen and oxygen atoms in total. The van der Waals surface area contributed by atoms with E-state index in [-0.39, 0.29) is 0 Å². The molecule has 0 heterocycles. The highest BCUT2D eigenvalue weighted by molar-refractivity contribution is 5.73. The fourth-order valence-corrected chi connectivity index (χ4v) is 2.62. The molecule has 3 rings (SSSR count). The molecule has 0 aliphatic rings. The van der Waals surface area contributed by atoms with E-state index < -0.39 is 0 Å². The Bertz CT molecular complexity index is 795. The third-order valence-corrected chi connectivity index (χ3v) is 4.27. The van der Waals surface area contributed by atoms with Gasteiger partial charge in [0.2, 0.25) is 0 Å². The fraction of sp³-hybridized carbons (Fsp3) is 0.0833. The molecule has 2 heteroatoms. The van der Waals surface area contributed by atoms with Gasteiger partial charge in [0.1, 0.15) is 0 Å². The minimum atomic E-state index is 1.12. The summed E-state index contributed by atoms with van der Waals surface area (Å²) in [4.78, 5) is 0. The lowest BCUT2D eigenvalue weighted by Crippen LogP contribution is -1.86. The minimum absolute atomic E-state index is 1.12. The average molecular weight is 340 g/mol. The van der Waals surface area contributed by atoms with Gasteiger partial charge >= 0.3 is 0 Å². The summed E-state index contributed by atoms with van der Waals surface area (Å²) in [6.45, 7) is 0. The SMILES string of the molecule is CNc1ccc(/C=C/c2ccc(/C=C/c3ccc(NC)cc3)cc2)cc1. The molecule has 0 amide bonds. The van der Waals surface area contributed by atoms with Crippen LogP contribution in [0.5, 0.6) is 0 Å². The van der Waals surface area contributed by atoms with Crippen molar-refractivity contribution in [2.75, 3.05) is 24.7 Å². The number of rotatable bonds is 6. The average Bonchev–Trinajstić information content (AvgIpc) is 2.72. The van der Waals surface area contributed by atoms with Crippen molar-refractivity contribution in [1.29, 1.82) is 0 Å². The van der Waals surface area contributed by atoms with Gasteiger partial charge in [-0.2, -0.15) is 0 Å². The Morgan fingerprint density at radius 1 is 0.423 bits per heavy atom. The zero-order valence-electron chi connectivity index (χ0n) is 15.2. The van der Waals surface area contributed by atoms with Crippen LogP contribution in [-0.4, -0.2) is 14.1 Å². The smallest absolute Gasteiger partial charge is 0.0337 e. The van der Waals surface area contributed by atoms with Crippen molar-refractivity contribution in [3.05, 3.63) is 95.1 Å². The molecule has 0 saturated carbocycles. The first-order chi connectivity index (χ1) is 12.8. The first-order valence-corrected chi connectivity index (χ1v) is 8.79. The van der Waals surface area contributed by atoms with Crippen molar-refractivity contribution in [1.82, 2.24) is 0 Å². The molecule has 2 N–H and O–H groups in total. The van der Waals surface area contributed by atoms with Crippen LogP contribution in [0, 0.1) is 0 Å². The second-order valence-electron chi connectivity index (χ2n) is 6.08. The van der Waals surface area contributed by atoms with Crippen LogP contribution < -0.4 is 10.6 Å². The number of hydrogen-bond donors (Lipinski definition) is 2. The predicted molar refractivity (Wildman–Crippen MR) is 116 cm³/mol. The van der Waals surface area contributed by atoms with Gasteiger partial charge in [-0.15, -0.1) is 0 Å². The Hall–Kier alpha value is -3.26. The van der Waals surface area contributed by atoms with Crippen LogP contribution in [0.15, 0.2) is 72.8 Å². The molecule has 0 spiro atoms. The third kappa shape index (κ3) is 4.87. The number of nitrogens with one attached hydrogen (secondary N) is 2. The molecule has 0 aromatic heterocycles. The molecule has 0 aliphatic carbocycles. The van der Waals surface area contributed by atoms with E-state index in [0.717, 1.165) is 11.4 Å². The molecule has 3 aromatic rings. The summed E-state index contributed by atoms with van der Waals surface area (Å²) < 4.78 is 0. The summed E-state index contributed by atoms with van der Waals surface area (Å²) in [7, 11) is 3.86. The largest absolute Gasteiger partial charge is 0.388 e. The molecular formula is C24H24N2. The molecule has 0 saturated heterocycles. The molecule has 0 fully saturated rings. The van der Waals surface area contributed by atoms with Gasteiger partial charge in [0.05, 0.1) is 0 Å². The predicted octanol–water partition coefficient (Wildman–Crippen LogP) is 6.11. The van der Waals surface area contributed by atoms with Crippen LogP contribution in [0.3, 0.4) is 0 Å². The summed E-state index contributed by atoms with van der Waals surface area (Å²) >= 11 is 0. The third-order valence-electron chi connectivity index (χ3n) is 4.27. The van der Waals surface area contributed by atoms with Gasteiger partial charge < -0.3 is 10.6 Å². The molecule has 0 atom stereocenters. The highest BCUT2D eigenvalue weighted by Crippen LogP contribution is 2.15. The molecule has 130 valence electrons. The van der Waals surface area contributed by atoms with Gasteiger partial charge in [-0.1, -0.05) is 72.8 Å². The molecular weight excluding hydrogens is 316 g/mol. The van der Waals surface area contributed by atoms with Crippen molar-refractivity contribution >= 4 is 35.7 Å². The summed E-state index contributed by atoms with van der Waals surface area (Å²) in [6.07, 6.45) is 8.54. The maximum absolute atomic E-state index is 3.13. The van der Waals surface area contributed by atoms with Crippen LogP contribution in [0.2, 0.25) is 0 Å². The van der Waals surface area contributed by atoms with Crippen LogP contribution in [0.4, 0.5) is 11.4 Å². The summed E-state index contributed by atoms with van der Waals surface area (Å²) in [5.41, 5.74) is 7.02. The topological polar surface area (TPSA) is 24.1 Å². The Morgan fingerprint density at radius 2 is 0.654 bits per heavy atom. The maximum atomic E-state index is 3.13. The van der Waals surface area contributed by atoms with E-state index >= 15 is 0 Å². The zero-order chi connectivity index (χ0) is 18.2. The molecule has 0 bridgehead atoms. The monoisotopic (exact) mass is 340 g/mol. The Balaban J connectivity index is 1.63. The van der Waals surface area contributed by atoms with Crippen LogP contribution in [-0.2, 0) is 0 Å². The van der Waals surface area contributed by atoms with E-state index in [4.69, 9.17) is 0 Å². The normalized spacial score (nSPS) is 11.2. The van der Waals surface area contributed by atoms with Gasteiger partial charge in [0.25, 0.3) is 0 Å². The second kappa shape index (κ2) is 8.72. The summed E-state index contributed by atoms with van der Waals surface area (Å²) in [5, 5.41) is 6.26. The zero-order valence-corrected chi connectivity index (χ0v) is 15.2. The van der Waals surface area contributed by atoms with Crippen LogP contribution in [0.25, 0.3) is 24.3 Å². The number of hydrogen-bond acceptors (Lipinski definition) is 2. The van der Waals surface area contributed by atoms with E-state index in [0.29, 0.717) is 0 Å². The van der Waals surface area contributed by atoms with E-state index in [9.17, 15) is 0 Å². The molecule has 0 unspecified atom stereocenters. The summed E-state index contributed by atoms with van der Waals surface area (Å²) in [6, 6.07) is 25.3. The van der Waals surface area contributed by atoms with Crippen molar-refractivity contribution in [3.8, 4) is 0 Å². The Morgan fingerprint density at radius 3 is 0.885 bits per heavy atom. The van der Waals surface area contributed by atoms with Gasteiger partial charge in [-0.3, -0.25) is 0 Å². The standard InChI is InChI=1S/C24H24N2/c1-25-23-15-11-21(12-16-23)9-7-19-3-5-20(6-4-19)8-10-22-13-17-24(26-2)18-14-22/h3-18,25-26H,1-2H3/b9-7+,10-8+. The van der Waals surface area contributed by atoms with Crippen molar-refractivity contribution < 1.29 is 0 Å². The first kappa shape index (κ1) is 17.6. The lowest BCUT2D eigenvalue weighted by atomic mass is 10.1. The Kier molecular flexibility index (Phi) is 5.89. The lowest BCUT2D eigenvalue weighted by molar-refractivity contribution is 1.51. The molecule has 0 aliphatic heterocycles. The van der Waals surface area contributed by atoms with E-state index in [1.807, 2.05) is 14.1 Å². The Labute approximate surface area is 155 Å². The van der Waals surface area contributed by atoms with Crippen molar-refractivity contribution in [2.45, 2.75) is 0 Å². The van der Waals surface area contributed by atoms with Crippen LogP contribution in [0.1, 0.15) is 22.3 Å². The van der Waals surface area contributed by atoms with E-state index in [1.165, 1.54) is 22.3 Å². The molecule has 0 radical (unpaired) electrons. The van der Waals surface area contributed by atoms with Crippen molar-refractivity contribution in [2.24, 2.45) is 0 Å². The van der Waals surface area contributed by atoms with Gasteiger partial charge in [-0.25, -0.2) is 0 Å². The van der Waals surface area contributed by atoms with Gasteiger partial charge in [0.15, 0.2) is 0 Å².